The number of nitrogens with zero attached hydrogens (tertiary/aromatic N) is 5. The summed E-state index contributed by atoms with van der Waals surface area (Å²) < 4.78 is 0. The smallest absolute Gasteiger partial charge is 0.225 e. The molecule has 2 aromatic heterocycles. The molecule has 1 unspecified atom stereocenters. The van der Waals surface area contributed by atoms with Crippen LogP contribution < -0.4 is 0 Å². The van der Waals surface area contributed by atoms with Crippen molar-refractivity contribution < 1.29 is 4.79 Å². The van der Waals surface area contributed by atoms with Crippen LogP contribution in [-0.2, 0) is 4.79 Å². The van der Waals surface area contributed by atoms with Crippen LogP contribution in [0.5, 0.6) is 0 Å². The molecule has 160 valence electrons. The first-order valence-corrected chi connectivity index (χ1v) is 11.4. The summed E-state index contributed by atoms with van der Waals surface area (Å²) in [6.07, 6.45) is 11.5. The van der Waals surface area contributed by atoms with Gasteiger partial charge in [0.25, 0.3) is 0 Å². The Bertz CT molecular complexity index is 867. The van der Waals surface area contributed by atoms with Gasteiger partial charge >= 0.3 is 0 Å². The van der Waals surface area contributed by atoms with Crippen molar-refractivity contribution in [2.45, 2.75) is 50.9 Å². The Balaban J connectivity index is 1.30. The van der Waals surface area contributed by atoms with Crippen molar-refractivity contribution in [1.82, 2.24) is 30.0 Å². The van der Waals surface area contributed by atoms with E-state index >= 15 is 0 Å². The molecule has 3 aliphatic rings. The van der Waals surface area contributed by atoms with Gasteiger partial charge in [-0.2, -0.15) is 5.10 Å². The molecule has 4 heterocycles. The molecule has 2 aromatic rings. The zero-order valence-corrected chi connectivity index (χ0v) is 17.9. The highest BCUT2D eigenvalue weighted by Crippen LogP contribution is 2.49. The van der Waals surface area contributed by atoms with Gasteiger partial charge in [0.05, 0.1) is 0 Å². The second-order valence-corrected chi connectivity index (χ2v) is 9.55. The molecule has 7 heteroatoms. The number of rotatable bonds is 3. The number of aromatic nitrogens is 4. The van der Waals surface area contributed by atoms with Crippen LogP contribution in [-0.4, -0.2) is 69.1 Å². The average molecular weight is 409 g/mol. The zero-order valence-electron chi connectivity index (χ0n) is 17.9. The molecule has 0 radical (unpaired) electrons. The highest BCUT2D eigenvalue weighted by atomic mass is 16.2. The highest BCUT2D eigenvalue weighted by molar-refractivity contribution is 5.79. The Labute approximate surface area is 178 Å². The van der Waals surface area contributed by atoms with Gasteiger partial charge in [-0.05, 0) is 50.3 Å². The minimum Gasteiger partial charge on any atom is -0.342 e. The third-order valence-electron chi connectivity index (χ3n) is 7.61. The Morgan fingerprint density at radius 1 is 1.13 bits per heavy atom. The van der Waals surface area contributed by atoms with Crippen molar-refractivity contribution in [3.63, 3.8) is 0 Å². The number of amides is 1. The van der Waals surface area contributed by atoms with Crippen LogP contribution >= 0.6 is 0 Å². The van der Waals surface area contributed by atoms with Gasteiger partial charge in [-0.15, -0.1) is 0 Å². The zero-order chi connectivity index (χ0) is 20.6. The number of carbonyl (C=O) groups excluding carboxylic acids is 1. The summed E-state index contributed by atoms with van der Waals surface area (Å²) in [6.45, 7) is 3.81. The fourth-order valence-electron chi connectivity index (χ4n) is 5.94. The summed E-state index contributed by atoms with van der Waals surface area (Å²) in [5.74, 6) is 2.73. The number of hydrogen-bond donors (Lipinski definition) is 1. The van der Waals surface area contributed by atoms with Crippen molar-refractivity contribution >= 4 is 5.91 Å². The van der Waals surface area contributed by atoms with Gasteiger partial charge in [0.2, 0.25) is 5.91 Å². The first-order valence-electron chi connectivity index (χ1n) is 11.4. The van der Waals surface area contributed by atoms with Gasteiger partial charge in [0.15, 0.2) is 5.82 Å². The van der Waals surface area contributed by atoms with Gasteiger partial charge in [-0.25, -0.2) is 4.98 Å². The quantitative estimate of drug-likeness (QED) is 0.844. The molecule has 1 atom stereocenters. The molecular weight excluding hydrogens is 376 g/mol. The molecule has 7 nitrogen and oxygen atoms in total. The van der Waals surface area contributed by atoms with E-state index in [9.17, 15) is 4.79 Å². The summed E-state index contributed by atoms with van der Waals surface area (Å²) in [6, 6.07) is 3.89. The predicted molar refractivity (Wildman–Crippen MR) is 115 cm³/mol. The van der Waals surface area contributed by atoms with Crippen LogP contribution in [0.25, 0.3) is 11.4 Å². The second-order valence-electron chi connectivity index (χ2n) is 9.55. The van der Waals surface area contributed by atoms with E-state index in [0.717, 1.165) is 69.1 Å². The number of likely N-dealkylation sites (N-methyl/N-ethyl adjacent to an activating group) is 1. The van der Waals surface area contributed by atoms with E-state index < -0.39 is 0 Å². The normalized spacial score (nSPS) is 25.1. The van der Waals surface area contributed by atoms with Crippen molar-refractivity contribution in [3.8, 4) is 11.4 Å². The largest absolute Gasteiger partial charge is 0.342 e. The molecule has 0 aromatic carbocycles. The molecule has 0 bridgehead atoms. The number of likely N-dealkylation sites (tertiary alicyclic amines) is 2. The second kappa shape index (κ2) is 8.10. The van der Waals surface area contributed by atoms with Crippen LogP contribution in [0, 0.1) is 11.3 Å². The lowest BCUT2D eigenvalue weighted by Gasteiger charge is -2.43. The van der Waals surface area contributed by atoms with Crippen LogP contribution in [0.1, 0.15) is 56.7 Å². The predicted octanol–water partition coefficient (Wildman–Crippen LogP) is 3.08. The van der Waals surface area contributed by atoms with Crippen molar-refractivity contribution in [1.29, 1.82) is 0 Å². The SMILES string of the molecule is CN1CC(c2nc(-c3ccncc3)n[nH]2)C2(CCN(C(=O)C3CCCCC3)CC2)C1. The molecule has 30 heavy (non-hydrogen) atoms. The first kappa shape index (κ1) is 19.7. The fraction of sp³-hybridized carbons (Fsp3) is 0.652. The maximum atomic E-state index is 13.0. The first-order chi connectivity index (χ1) is 14.6. The fourth-order valence-corrected chi connectivity index (χ4v) is 5.94. The molecule has 1 amide bonds. The molecule has 1 N–H and O–H groups in total. The number of aromatic amines is 1. The topological polar surface area (TPSA) is 78.0 Å². The lowest BCUT2D eigenvalue weighted by Crippen LogP contribution is -2.48. The molecule has 1 spiro atoms. The van der Waals surface area contributed by atoms with E-state index in [-0.39, 0.29) is 11.3 Å². The van der Waals surface area contributed by atoms with E-state index in [0.29, 0.717) is 11.8 Å². The third kappa shape index (κ3) is 3.64. The minimum absolute atomic E-state index is 0.174. The van der Waals surface area contributed by atoms with Gasteiger partial charge < -0.3 is 9.80 Å². The molecule has 3 fully saturated rings. The monoisotopic (exact) mass is 408 g/mol. The van der Waals surface area contributed by atoms with E-state index in [4.69, 9.17) is 4.98 Å². The Kier molecular flexibility index (Phi) is 5.31. The van der Waals surface area contributed by atoms with Gasteiger partial charge in [-0.3, -0.25) is 14.9 Å². The van der Waals surface area contributed by atoms with Gasteiger partial charge in [-0.1, -0.05) is 19.3 Å². The summed E-state index contributed by atoms with van der Waals surface area (Å²) in [5.41, 5.74) is 1.16. The molecule has 2 saturated heterocycles. The summed E-state index contributed by atoms with van der Waals surface area (Å²) in [5, 5.41) is 7.73. The molecule has 5 rings (SSSR count). The van der Waals surface area contributed by atoms with Crippen molar-refractivity contribution in [2.75, 3.05) is 33.2 Å². The van der Waals surface area contributed by atoms with Crippen LogP contribution in [0.3, 0.4) is 0 Å². The lowest BCUT2D eigenvalue weighted by molar-refractivity contribution is -0.139. The van der Waals surface area contributed by atoms with Gasteiger partial charge in [0.1, 0.15) is 5.82 Å². The molecule has 2 aliphatic heterocycles. The van der Waals surface area contributed by atoms with Crippen LogP contribution in [0.4, 0.5) is 0 Å². The molecule has 1 aliphatic carbocycles. The van der Waals surface area contributed by atoms with Crippen LogP contribution in [0.15, 0.2) is 24.5 Å². The standard InChI is InChI=1S/C23H32N6O/c1-28-15-19(21-25-20(26-27-21)17-7-11-24-12-8-17)23(16-28)9-13-29(14-10-23)22(30)18-5-3-2-4-6-18/h7-8,11-12,18-19H,2-6,9-10,13-16H2,1H3,(H,25,26,27). The average Bonchev–Trinajstić information content (AvgIpc) is 3.40. The van der Waals surface area contributed by atoms with E-state index in [1.807, 2.05) is 12.1 Å². The number of hydrogen-bond acceptors (Lipinski definition) is 5. The number of nitrogens with one attached hydrogen (secondary N) is 1. The summed E-state index contributed by atoms with van der Waals surface area (Å²) >= 11 is 0. The minimum atomic E-state index is 0.174. The van der Waals surface area contributed by atoms with Crippen molar-refractivity contribution in [2.24, 2.45) is 11.3 Å². The van der Waals surface area contributed by atoms with Crippen LogP contribution in [0.2, 0.25) is 0 Å². The summed E-state index contributed by atoms with van der Waals surface area (Å²) in [4.78, 5) is 26.5. The maximum absolute atomic E-state index is 13.0. The number of pyridine rings is 1. The van der Waals surface area contributed by atoms with E-state index in [2.05, 4.69) is 32.0 Å². The van der Waals surface area contributed by atoms with Gasteiger partial charge in [0, 0.05) is 56.0 Å². The maximum Gasteiger partial charge on any atom is 0.225 e. The molecular formula is C23H32N6O. The lowest BCUT2D eigenvalue weighted by atomic mass is 9.70. The Morgan fingerprint density at radius 3 is 2.60 bits per heavy atom. The van der Waals surface area contributed by atoms with E-state index in [1.54, 1.807) is 12.4 Å². The number of H-pyrrole nitrogens is 1. The number of piperidine rings is 1. The van der Waals surface area contributed by atoms with E-state index in [1.165, 1.54) is 19.3 Å². The molecule has 1 saturated carbocycles. The summed E-state index contributed by atoms with van der Waals surface area (Å²) in [7, 11) is 2.20. The Morgan fingerprint density at radius 2 is 1.87 bits per heavy atom. The van der Waals surface area contributed by atoms with Crippen molar-refractivity contribution in [3.05, 3.63) is 30.4 Å². The highest BCUT2D eigenvalue weighted by Gasteiger charge is 2.49. The third-order valence-corrected chi connectivity index (χ3v) is 7.61. The Hall–Kier alpha value is -2.28. The number of carbonyl (C=O) groups is 1.